The molecule has 0 spiro atoms. The second kappa shape index (κ2) is 6.95. The third-order valence-corrected chi connectivity index (χ3v) is 3.30. The number of rotatable bonds is 5. The first-order valence-electron chi connectivity index (χ1n) is 6.23. The van der Waals surface area contributed by atoms with Crippen molar-refractivity contribution in [2.45, 2.75) is 12.6 Å². The van der Waals surface area contributed by atoms with Crippen LogP contribution in [0.5, 0.6) is 0 Å². The molecule has 1 unspecified atom stereocenters. The number of benzene rings is 2. The number of halogens is 1. The quantitative estimate of drug-likeness (QED) is 0.897. The van der Waals surface area contributed by atoms with Crippen molar-refractivity contribution in [1.29, 1.82) is 5.26 Å². The summed E-state index contributed by atoms with van der Waals surface area (Å²) in [6, 6.07) is 16.9. The SMILES string of the molecule is COCc1ccccc1C(C#N)Nc1ccccc1Cl. The van der Waals surface area contributed by atoms with Crippen LogP contribution in [0.15, 0.2) is 48.5 Å². The van der Waals surface area contributed by atoms with Crippen molar-refractivity contribution in [3.05, 3.63) is 64.7 Å². The van der Waals surface area contributed by atoms with Crippen LogP contribution in [0, 0.1) is 11.3 Å². The summed E-state index contributed by atoms with van der Waals surface area (Å²) in [4.78, 5) is 0. The Kier molecular flexibility index (Phi) is 5.00. The molecule has 0 radical (unpaired) electrons. The zero-order valence-electron chi connectivity index (χ0n) is 11.1. The molecule has 0 aliphatic heterocycles. The molecule has 0 saturated heterocycles. The van der Waals surface area contributed by atoms with Crippen LogP contribution >= 0.6 is 11.6 Å². The zero-order chi connectivity index (χ0) is 14.4. The average molecular weight is 287 g/mol. The standard InChI is InChI=1S/C16H15ClN2O/c1-20-11-12-6-2-3-7-13(12)16(10-18)19-15-9-5-4-8-14(15)17/h2-9,16,19H,11H2,1H3. The van der Waals surface area contributed by atoms with Gasteiger partial charge in [-0.05, 0) is 23.3 Å². The highest BCUT2D eigenvalue weighted by Crippen LogP contribution is 2.27. The lowest BCUT2D eigenvalue weighted by molar-refractivity contribution is 0.184. The Hall–Kier alpha value is -2.02. The summed E-state index contributed by atoms with van der Waals surface area (Å²) in [6.45, 7) is 0.471. The molecule has 0 aliphatic rings. The van der Waals surface area contributed by atoms with E-state index in [-0.39, 0.29) is 0 Å². The summed E-state index contributed by atoms with van der Waals surface area (Å²) in [5, 5.41) is 13.2. The molecule has 1 N–H and O–H groups in total. The van der Waals surface area contributed by atoms with Crippen molar-refractivity contribution in [2.75, 3.05) is 12.4 Å². The van der Waals surface area contributed by atoms with E-state index >= 15 is 0 Å². The molecule has 0 fully saturated rings. The summed E-state index contributed by atoms with van der Waals surface area (Å²) < 4.78 is 5.17. The maximum atomic E-state index is 9.43. The van der Waals surface area contributed by atoms with Crippen molar-refractivity contribution in [3.63, 3.8) is 0 Å². The summed E-state index contributed by atoms with van der Waals surface area (Å²) in [5.41, 5.74) is 2.63. The molecule has 0 bridgehead atoms. The van der Waals surface area contributed by atoms with E-state index in [1.807, 2.05) is 42.5 Å². The van der Waals surface area contributed by atoms with E-state index in [4.69, 9.17) is 16.3 Å². The molecule has 0 heterocycles. The Balaban J connectivity index is 2.30. The van der Waals surface area contributed by atoms with Crippen LogP contribution in [0.25, 0.3) is 0 Å². The van der Waals surface area contributed by atoms with Crippen molar-refractivity contribution in [2.24, 2.45) is 0 Å². The number of hydrogen-bond donors (Lipinski definition) is 1. The van der Waals surface area contributed by atoms with E-state index in [1.165, 1.54) is 0 Å². The summed E-state index contributed by atoms with van der Waals surface area (Å²) in [6.07, 6.45) is 0. The Morgan fingerprint density at radius 3 is 2.60 bits per heavy atom. The lowest BCUT2D eigenvalue weighted by Crippen LogP contribution is -2.11. The molecule has 2 aromatic carbocycles. The second-order valence-corrected chi connectivity index (χ2v) is 4.73. The Bertz CT molecular complexity index is 622. The van der Waals surface area contributed by atoms with E-state index in [0.29, 0.717) is 11.6 Å². The minimum absolute atomic E-state index is 0.471. The third-order valence-electron chi connectivity index (χ3n) is 2.97. The van der Waals surface area contributed by atoms with Gasteiger partial charge in [0.25, 0.3) is 0 Å². The van der Waals surface area contributed by atoms with Crippen LogP contribution in [-0.4, -0.2) is 7.11 Å². The third kappa shape index (κ3) is 3.30. The number of hydrogen-bond acceptors (Lipinski definition) is 3. The maximum absolute atomic E-state index is 9.43. The number of methoxy groups -OCH3 is 1. The van der Waals surface area contributed by atoms with Gasteiger partial charge in [0, 0.05) is 7.11 Å². The maximum Gasteiger partial charge on any atom is 0.140 e. The van der Waals surface area contributed by atoms with Crippen LogP contribution in [0.1, 0.15) is 17.2 Å². The first-order chi connectivity index (χ1) is 9.76. The smallest absolute Gasteiger partial charge is 0.140 e. The van der Waals surface area contributed by atoms with Crippen LogP contribution < -0.4 is 5.32 Å². The van der Waals surface area contributed by atoms with Gasteiger partial charge in [0.15, 0.2) is 0 Å². The van der Waals surface area contributed by atoms with Crippen molar-refractivity contribution < 1.29 is 4.74 Å². The summed E-state index contributed by atoms with van der Waals surface area (Å²) >= 11 is 6.12. The highest BCUT2D eigenvalue weighted by molar-refractivity contribution is 6.33. The molecule has 3 nitrogen and oxygen atoms in total. The Morgan fingerprint density at radius 1 is 1.20 bits per heavy atom. The molecule has 0 saturated carbocycles. The van der Waals surface area contributed by atoms with Crippen LogP contribution in [-0.2, 0) is 11.3 Å². The number of nitriles is 1. The van der Waals surface area contributed by atoms with Gasteiger partial charge < -0.3 is 10.1 Å². The van der Waals surface area contributed by atoms with Crippen molar-refractivity contribution >= 4 is 17.3 Å². The van der Waals surface area contributed by atoms with E-state index in [2.05, 4.69) is 11.4 Å². The summed E-state index contributed by atoms with van der Waals surface area (Å²) in [5.74, 6) is 0. The Morgan fingerprint density at radius 2 is 1.90 bits per heavy atom. The largest absolute Gasteiger partial charge is 0.380 e. The predicted octanol–water partition coefficient (Wildman–Crippen LogP) is 4.16. The molecule has 0 aliphatic carbocycles. The highest BCUT2D eigenvalue weighted by atomic mass is 35.5. The molecule has 102 valence electrons. The number of ether oxygens (including phenoxy) is 1. The fourth-order valence-corrected chi connectivity index (χ4v) is 2.21. The van der Waals surface area contributed by atoms with Gasteiger partial charge in [-0.1, -0.05) is 48.0 Å². The first kappa shape index (κ1) is 14.4. The summed E-state index contributed by atoms with van der Waals surface area (Å²) in [7, 11) is 1.64. The van der Waals surface area contributed by atoms with Crippen molar-refractivity contribution in [3.8, 4) is 6.07 Å². The normalized spacial score (nSPS) is 11.7. The minimum atomic E-state index is -0.471. The van der Waals surface area contributed by atoms with E-state index < -0.39 is 6.04 Å². The molecular weight excluding hydrogens is 272 g/mol. The molecule has 20 heavy (non-hydrogen) atoms. The van der Waals surface area contributed by atoms with Crippen molar-refractivity contribution in [1.82, 2.24) is 0 Å². The van der Waals surface area contributed by atoms with Gasteiger partial charge in [0.2, 0.25) is 0 Å². The first-order valence-corrected chi connectivity index (χ1v) is 6.61. The van der Waals surface area contributed by atoms with Gasteiger partial charge in [-0.15, -0.1) is 0 Å². The van der Waals surface area contributed by atoms with Crippen LogP contribution in [0.3, 0.4) is 0 Å². The van der Waals surface area contributed by atoms with Crippen LogP contribution in [0.2, 0.25) is 5.02 Å². The number of para-hydroxylation sites is 1. The predicted molar refractivity (Wildman–Crippen MR) is 80.6 cm³/mol. The number of anilines is 1. The fraction of sp³-hybridized carbons (Fsp3) is 0.188. The lowest BCUT2D eigenvalue weighted by Gasteiger charge is -2.17. The second-order valence-electron chi connectivity index (χ2n) is 4.32. The van der Waals surface area contributed by atoms with Gasteiger partial charge in [-0.3, -0.25) is 0 Å². The van der Waals surface area contributed by atoms with E-state index in [1.54, 1.807) is 13.2 Å². The van der Waals surface area contributed by atoms with Gasteiger partial charge in [0.1, 0.15) is 6.04 Å². The number of nitrogens with zero attached hydrogens (tertiary/aromatic N) is 1. The van der Waals surface area contributed by atoms with E-state index in [0.717, 1.165) is 16.8 Å². The van der Waals surface area contributed by atoms with Gasteiger partial charge in [0.05, 0.1) is 23.4 Å². The zero-order valence-corrected chi connectivity index (χ0v) is 11.9. The monoisotopic (exact) mass is 286 g/mol. The van der Waals surface area contributed by atoms with E-state index in [9.17, 15) is 5.26 Å². The molecule has 0 aromatic heterocycles. The topological polar surface area (TPSA) is 45.0 Å². The lowest BCUT2D eigenvalue weighted by atomic mass is 10.0. The van der Waals surface area contributed by atoms with Crippen LogP contribution in [0.4, 0.5) is 5.69 Å². The molecule has 0 amide bonds. The highest BCUT2D eigenvalue weighted by Gasteiger charge is 2.15. The minimum Gasteiger partial charge on any atom is -0.380 e. The number of nitrogens with one attached hydrogen (secondary N) is 1. The van der Waals surface area contributed by atoms with Gasteiger partial charge in [-0.25, -0.2) is 0 Å². The Labute approximate surface area is 123 Å². The molecule has 4 heteroatoms. The molecule has 1 atom stereocenters. The average Bonchev–Trinajstić information content (AvgIpc) is 2.48. The molecule has 2 rings (SSSR count). The fourth-order valence-electron chi connectivity index (χ4n) is 2.02. The molecule has 2 aromatic rings. The van der Waals surface area contributed by atoms with Gasteiger partial charge in [-0.2, -0.15) is 5.26 Å². The molecular formula is C16H15ClN2O. The van der Waals surface area contributed by atoms with Gasteiger partial charge >= 0.3 is 0 Å².